The molecule has 0 unspecified atom stereocenters. The largest absolute Gasteiger partial charge is 0.509 e. The van der Waals surface area contributed by atoms with Crippen LogP contribution in [0, 0.1) is 0 Å². The van der Waals surface area contributed by atoms with Gasteiger partial charge < -0.3 is 9.47 Å². The molecular weight excluding hydrogens is 180 g/mol. The Morgan fingerprint density at radius 3 is 1.50 bits per heavy atom. The predicted octanol–water partition coefficient (Wildman–Crippen LogP) is 3.02. The second-order valence-electron chi connectivity index (χ2n) is 5.06. The summed E-state index contributed by atoms with van der Waals surface area (Å²) >= 11 is 0. The summed E-state index contributed by atoms with van der Waals surface area (Å²) in [7, 11) is 0. The maximum atomic E-state index is 11.4. The van der Waals surface area contributed by atoms with E-state index < -0.39 is 6.16 Å². The van der Waals surface area contributed by atoms with Crippen LogP contribution in [-0.4, -0.2) is 17.4 Å². The van der Waals surface area contributed by atoms with E-state index in [4.69, 9.17) is 9.47 Å². The third-order valence-electron chi connectivity index (χ3n) is 3.48. The van der Waals surface area contributed by atoms with E-state index in [0.29, 0.717) is 0 Å². The van der Waals surface area contributed by atoms with Crippen molar-refractivity contribution in [3.05, 3.63) is 0 Å². The van der Waals surface area contributed by atoms with Crippen LogP contribution in [0.3, 0.4) is 0 Å². The van der Waals surface area contributed by atoms with E-state index >= 15 is 0 Å². The van der Waals surface area contributed by atoms with Crippen molar-refractivity contribution in [2.45, 2.75) is 63.6 Å². The Kier molecular flexibility index (Phi) is 2.20. The van der Waals surface area contributed by atoms with Gasteiger partial charge >= 0.3 is 6.16 Å². The fraction of sp³-hybridized carbons (Fsp3) is 0.909. The van der Waals surface area contributed by atoms with Crippen LogP contribution in [0.4, 0.5) is 4.79 Å². The van der Waals surface area contributed by atoms with Crippen molar-refractivity contribution in [3.63, 3.8) is 0 Å². The first-order valence-electron chi connectivity index (χ1n) is 5.43. The Balaban J connectivity index is 1.78. The highest BCUT2D eigenvalue weighted by Crippen LogP contribution is 2.38. The minimum absolute atomic E-state index is 0.239. The SMILES string of the molecule is CC1(OC(=O)OC2(C)CCC2)CCC1. The average Bonchev–Trinajstić information content (AvgIpc) is 1.98. The smallest absolute Gasteiger partial charge is 0.428 e. The zero-order chi connectivity index (χ0) is 10.2. The molecule has 0 amide bonds. The molecule has 0 aromatic carbocycles. The van der Waals surface area contributed by atoms with Gasteiger partial charge in [-0.05, 0) is 52.4 Å². The lowest BCUT2D eigenvalue weighted by molar-refractivity contribution is -0.116. The van der Waals surface area contributed by atoms with Crippen LogP contribution in [-0.2, 0) is 9.47 Å². The number of carbonyl (C=O) groups is 1. The van der Waals surface area contributed by atoms with E-state index in [-0.39, 0.29) is 11.2 Å². The first-order valence-corrected chi connectivity index (χ1v) is 5.43. The number of rotatable bonds is 2. The van der Waals surface area contributed by atoms with Crippen molar-refractivity contribution in [2.75, 3.05) is 0 Å². The lowest BCUT2D eigenvalue weighted by atomic mass is 9.81. The van der Waals surface area contributed by atoms with E-state index in [1.165, 1.54) is 0 Å². The van der Waals surface area contributed by atoms with Crippen LogP contribution in [0.2, 0.25) is 0 Å². The number of carbonyl (C=O) groups excluding carboxylic acids is 1. The molecule has 3 nitrogen and oxygen atoms in total. The van der Waals surface area contributed by atoms with Crippen LogP contribution >= 0.6 is 0 Å². The minimum Gasteiger partial charge on any atom is -0.428 e. The van der Waals surface area contributed by atoms with Gasteiger partial charge in [0.2, 0.25) is 0 Å². The predicted molar refractivity (Wildman–Crippen MR) is 52.1 cm³/mol. The Morgan fingerprint density at radius 1 is 0.929 bits per heavy atom. The molecule has 14 heavy (non-hydrogen) atoms. The molecule has 2 rings (SSSR count). The molecule has 0 atom stereocenters. The van der Waals surface area contributed by atoms with Gasteiger partial charge in [-0.1, -0.05) is 0 Å². The second-order valence-corrected chi connectivity index (χ2v) is 5.06. The zero-order valence-corrected chi connectivity index (χ0v) is 8.97. The van der Waals surface area contributed by atoms with Gasteiger partial charge in [0.05, 0.1) is 0 Å². The van der Waals surface area contributed by atoms with Crippen molar-refractivity contribution in [1.29, 1.82) is 0 Å². The lowest BCUT2D eigenvalue weighted by Crippen LogP contribution is -2.43. The molecule has 80 valence electrons. The highest BCUT2D eigenvalue weighted by Gasteiger charge is 2.40. The van der Waals surface area contributed by atoms with Gasteiger partial charge in [-0.15, -0.1) is 0 Å². The molecule has 0 radical (unpaired) electrons. The Bertz CT molecular complexity index is 215. The normalized spacial score (nSPS) is 27.0. The quantitative estimate of drug-likeness (QED) is 0.640. The van der Waals surface area contributed by atoms with Crippen molar-refractivity contribution in [2.24, 2.45) is 0 Å². The van der Waals surface area contributed by atoms with Gasteiger partial charge in [-0.2, -0.15) is 0 Å². The Hall–Kier alpha value is -0.730. The van der Waals surface area contributed by atoms with Crippen molar-refractivity contribution in [1.82, 2.24) is 0 Å². The van der Waals surface area contributed by atoms with Gasteiger partial charge in [0.15, 0.2) is 0 Å². The molecule has 2 aliphatic rings. The highest BCUT2D eigenvalue weighted by molar-refractivity contribution is 5.61. The fourth-order valence-electron chi connectivity index (χ4n) is 1.98. The molecule has 0 saturated heterocycles. The van der Waals surface area contributed by atoms with Crippen LogP contribution < -0.4 is 0 Å². The maximum Gasteiger partial charge on any atom is 0.509 e. The summed E-state index contributed by atoms with van der Waals surface area (Å²) in [6.07, 6.45) is 5.71. The van der Waals surface area contributed by atoms with Gasteiger partial charge in [0, 0.05) is 0 Å². The van der Waals surface area contributed by atoms with Gasteiger partial charge in [-0.25, -0.2) is 4.79 Å². The molecular formula is C11H18O3. The first-order chi connectivity index (χ1) is 6.52. The zero-order valence-electron chi connectivity index (χ0n) is 8.97. The van der Waals surface area contributed by atoms with Crippen molar-refractivity contribution >= 4 is 6.16 Å². The van der Waals surface area contributed by atoms with Gasteiger partial charge in [-0.3, -0.25) is 0 Å². The van der Waals surface area contributed by atoms with Crippen LogP contribution in [0.15, 0.2) is 0 Å². The fourth-order valence-corrected chi connectivity index (χ4v) is 1.98. The summed E-state index contributed by atoms with van der Waals surface area (Å²) in [4.78, 5) is 11.4. The number of hydrogen-bond acceptors (Lipinski definition) is 3. The summed E-state index contributed by atoms with van der Waals surface area (Å²) in [5.41, 5.74) is -0.478. The Morgan fingerprint density at radius 2 is 1.29 bits per heavy atom. The van der Waals surface area contributed by atoms with Crippen LogP contribution in [0.5, 0.6) is 0 Å². The van der Waals surface area contributed by atoms with Crippen molar-refractivity contribution in [3.8, 4) is 0 Å². The molecule has 3 heteroatoms. The molecule has 0 spiro atoms. The molecule has 2 aliphatic carbocycles. The van der Waals surface area contributed by atoms with Crippen LogP contribution in [0.25, 0.3) is 0 Å². The average molecular weight is 198 g/mol. The molecule has 0 bridgehead atoms. The molecule has 2 saturated carbocycles. The highest BCUT2D eigenvalue weighted by atomic mass is 16.7. The van der Waals surface area contributed by atoms with Gasteiger partial charge in [0.1, 0.15) is 11.2 Å². The van der Waals surface area contributed by atoms with Crippen molar-refractivity contribution < 1.29 is 14.3 Å². The monoisotopic (exact) mass is 198 g/mol. The summed E-state index contributed by atoms with van der Waals surface area (Å²) in [6.45, 7) is 3.95. The molecule has 0 aromatic heterocycles. The van der Waals surface area contributed by atoms with E-state index in [2.05, 4.69) is 0 Å². The summed E-state index contributed by atoms with van der Waals surface area (Å²) < 4.78 is 10.6. The second kappa shape index (κ2) is 3.14. The van der Waals surface area contributed by atoms with E-state index in [1.54, 1.807) is 0 Å². The maximum absolute atomic E-state index is 11.4. The topological polar surface area (TPSA) is 35.5 Å². The lowest BCUT2D eigenvalue weighted by Gasteiger charge is -2.41. The molecule has 0 aliphatic heterocycles. The summed E-state index contributed by atoms with van der Waals surface area (Å²) in [5.74, 6) is 0. The number of hydrogen-bond donors (Lipinski definition) is 0. The Labute approximate surface area is 84.8 Å². The van der Waals surface area contributed by atoms with E-state index in [0.717, 1.165) is 38.5 Å². The molecule has 2 fully saturated rings. The standard InChI is InChI=1S/C11H18O3/c1-10(5-3-6-10)13-9(12)14-11(2)7-4-8-11/h3-8H2,1-2H3. The number of ether oxygens (including phenoxy) is 2. The molecule has 0 N–H and O–H groups in total. The summed E-state index contributed by atoms with van der Waals surface area (Å²) in [5, 5.41) is 0. The third-order valence-corrected chi connectivity index (χ3v) is 3.48. The van der Waals surface area contributed by atoms with E-state index in [1.807, 2.05) is 13.8 Å². The third kappa shape index (κ3) is 1.86. The molecule has 0 aromatic rings. The summed E-state index contributed by atoms with van der Waals surface area (Å²) in [6, 6.07) is 0. The van der Waals surface area contributed by atoms with E-state index in [9.17, 15) is 4.79 Å². The molecule has 0 heterocycles. The van der Waals surface area contributed by atoms with Gasteiger partial charge in [0.25, 0.3) is 0 Å². The minimum atomic E-state index is -0.477. The first kappa shape index (κ1) is 9.81. The van der Waals surface area contributed by atoms with Crippen LogP contribution in [0.1, 0.15) is 52.4 Å².